The van der Waals surface area contributed by atoms with Gasteiger partial charge in [0, 0.05) is 20.4 Å². The Bertz CT molecular complexity index is 1170. The van der Waals surface area contributed by atoms with E-state index >= 15 is 0 Å². The van der Waals surface area contributed by atoms with E-state index in [4.69, 9.17) is 4.74 Å². The molecule has 1 N–H and O–H groups in total. The van der Waals surface area contributed by atoms with Gasteiger partial charge in [-0.25, -0.2) is 8.42 Å². The van der Waals surface area contributed by atoms with Crippen LogP contribution in [0.2, 0.25) is 0 Å². The van der Waals surface area contributed by atoms with Gasteiger partial charge in [-0.2, -0.15) is 4.68 Å². The van der Waals surface area contributed by atoms with Crippen LogP contribution in [0, 0.1) is 6.92 Å². The predicted octanol–water partition coefficient (Wildman–Crippen LogP) is 1.45. The number of ether oxygens (including phenoxy) is 1. The highest BCUT2D eigenvalue weighted by Gasteiger charge is 2.13. The largest absolute Gasteiger partial charge is 0.482 e. The van der Waals surface area contributed by atoms with Crippen LogP contribution in [0.4, 0.5) is 5.69 Å². The molecule has 31 heavy (non-hydrogen) atoms. The summed E-state index contributed by atoms with van der Waals surface area (Å²) in [7, 11) is 0.0557. The number of aryl methyl sites for hydroxylation is 1. The summed E-state index contributed by atoms with van der Waals surface area (Å²) < 4.78 is 30.5. The van der Waals surface area contributed by atoms with Crippen LogP contribution in [0.25, 0.3) is 5.69 Å². The van der Waals surface area contributed by atoms with Gasteiger partial charge in [-0.15, -0.1) is 5.10 Å². The first-order chi connectivity index (χ1) is 14.6. The third kappa shape index (κ3) is 5.57. The Kier molecular flexibility index (Phi) is 6.54. The summed E-state index contributed by atoms with van der Waals surface area (Å²) in [5.41, 5.74) is 2.32. The number of nitrogens with zero attached hydrogens (tertiary/aromatic N) is 5. The lowest BCUT2D eigenvalue weighted by molar-refractivity contribution is -0.130. The van der Waals surface area contributed by atoms with Crippen molar-refractivity contribution >= 4 is 21.4 Å². The van der Waals surface area contributed by atoms with Crippen molar-refractivity contribution in [2.45, 2.75) is 18.4 Å². The average Bonchev–Trinajstić information content (AvgIpc) is 3.19. The summed E-state index contributed by atoms with van der Waals surface area (Å²) >= 11 is 0. The fourth-order valence-corrected chi connectivity index (χ4v) is 3.32. The van der Waals surface area contributed by atoms with Gasteiger partial charge >= 0.3 is 0 Å². The van der Waals surface area contributed by atoms with Gasteiger partial charge < -0.3 is 15.0 Å². The first-order valence-corrected chi connectivity index (χ1v) is 11.3. The van der Waals surface area contributed by atoms with Gasteiger partial charge in [0.1, 0.15) is 5.75 Å². The number of carbonyl (C=O) groups is 1. The number of sulfone groups is 1. The van der Waals surface area contributed by atoms with Gasteiger partial charge in [-0.1, -0.05) is 6.07 Å². The second-order valence-corrected chi connectivity index (χ2v) is 9.22. The molecule has 3 aromatic rings. The van der Waals surface area contributed by atoms with Crippen molar-refractivity contribution in [2.24, 2.45) is 0 Å². The van der Waals surface area contributed by atoms with Crippen molar-refractivity contribution in [1.29, 1.82) is 0 Å². The predicted molar refractivity (Wildman–Crippen MR) is 115 cm³/mol. The molecule has 3 rings (SSSR count). The molecule has 0 aliphatic rings. The summed E-state index contributed by atoms with van der Waals surface area (Å²) in [4.78, 5) is 13.5. The Hall–Kier alpha value is -3.47. The summed E-state index contributed by atoms with van der Waals surface area (Å²) in [6, 6.07) is 11.9. The molecule has 0 aliphatic carbocycles. The number of anilines is 1. The molecule has 1 heterocycles. The summed E-state index contributed by atoms with van der Waals surface area (Å²) in [5.74, 6) is 0.920. The number of likely N-dealkylation sites (N-methyl/N-ethyl adjacent to an activating group) is 1. The Morgan fingerprint density at radius 1 is 1.16 bits per heavy atom. The third-order valence-electron chi connectivity index (χ3n) is 4.47. The lowest BCUT2D eigenvalue weighted by Gasteiger charge is -2.15. The molecule has 0 atom stereocenters. The molecule has 2 aromatic carbocycles. The number of hydrogen-bond donors (Lipinski definition) is 1. The maximum absolute atomic E-state index is 11.9. The molecule has 1 aromatic heterocycles. The average molecular weight is 445 g/mol. The summed E-state index contributed by atoms with van der Waals surface area (Å²) in [6.07, 6.45) is 1.15. The molecule has 11 heteroatoms. The van der Waals surface area contributed by atoms with Crippen LogP contribution in [0.15, 0.2) is 47.4 Å². The zero-order valence-electron chi connectivity index (χ0n) is 17.7. The lowest BCUT2D eigenvalue weighted by Crippen LogP contribution is -2.27. The van der Waals surface area contributed by atoms with E-state index in [2.05, 4.69) is 20.8 Å². The van der Waals surface area contributed by atoms with Crippen LogP contribution in [0.5, 0.6) is 5.75 Å². The Balaban J connectivity index is 1.76. The van der Waals surface area contributed by atoms with Crippen LogP contribution in [0.1, 0.15) is 11.4 Å². The minimum Gasteiger partial charge on any atom is -0.482 e. The maximum Gasteiger partial charge on any atom is 0.259 e. The van der Waals surface area contributed by atoms with Crippen LogP contribution in [-0.2, 0) is 21.2 Å². The fourth-order valence-electron chi connectivity index (χ4n) is 2.69. The van der Waals surface area contributed by atoms with E-state index in [0.29, 0.717) is 22.9 Å². The zero-order chi connectivity index (χ0) is 22.6. The topological polar surface area (TPSA) is 119 Å². The first-order valence-electron chi connectivity index (χ1n) is 9.40. The number of aromatic nitrogens is 4. The second-order valence-electron chi connectivity index (χ2n) is 7.20. The monoisotopic (exact) mass is 444 g/mol. The summed E-state index contributed by atoms with van der Waals surface area (Å²) in [6.45, 7) is 2.14. The highest BCUT2D eigenvalue weighted by molar-refractivity contribution is 7.90. The maximum atomic E-state index is 11.9. The van der Waals surface area contributed by atoms with Crippen LogP contribution >= 0.6 is 0 Å². The van der Waals surface area contributed by atoms with Crippen molar-refractivity contribution in [2.75, 3.05) is 32.3 Å². The Morgan fingerprint density at radius 3 is 2.52 bits per heavy atom. The normalized spacial score (nSPS) is 11.2. The summed E-state index contributed by atoms with van der Waals surface area (Å²) in [5, 5.41) is 15.0. The molecule has 0 bridgehead atoms. The minimum atomic E-state index is -3.28. The van der Waals surface area contributed by atoms with E-state index in [9.17, 15) is 13.2 Å². The third-order valence-corrected chi connectivity index (χ3v) is 5.60. The molecule has 0 aliphatic heterocycles. The highest BCUT2D eigenvalue weighted by atomic mass is 32.2. The van der Waals surface area contributed by atoms with Crippen molar-refractivity contribution in [1.82, 2.24) is 25.1 Å². The van der Waals surface area contributed by atoms with Gasteiger partial charge in [0.15, 0.2) is 22.3 Å². The van der Waals surface area contributed by atoms with E-state index in [0.717, 1.165) is 11.8 Å². The molecule has 10 nitrogen and oxygen atoms in total. The number of rotatable bonds is 8. The Morgan fingerprint density at radius 2 is 1.87 bits per heavy atom. The molecule has 0 spiro atoms. The number of hydrogen-bond acceptors (Lipinski definition) is 8. The van der Waals surface area contributed by atoms with E-state index in [1.165, 1.54) is 21.7 Å². The number of nitrogens with one attached hydrogen (secondary N) is 1. The molecule has 1 amide bonds. The molecule has 0 unspecified atom stereocenters. The van der Waals surface area contributed by atoms with Crippen LogP contribution in [-0.4, -0.2) is 66.4 Å². The number of carbonyl (C=O) groups excluding carboxylic acids is 1. The Labute approximate surface area is 180 Å². The van der Waals surface area contributed by atoms with Gasteiger partial charge in [-0.05, 0) is 59.3 Å². The van der Waals surface area contributed by atoms with E-state index < -0.39 is 9.84 Å². The molecule has 0 saturated heterocycles. The quantitative estimate of drug-likeness (QED) is 0.554. The molecule has 0 radical (unpaired) electrons. The SMILES string of the molecule is Cc1ccc(NCc2nnnn2-c2ccc(S(C)(=O)=O)cc2)c(OCC(=O)N(C)C)c1. The number of tetrazole rings is 1. The number of benzene rings is 2. The smallest absolute Gasteiger partial charge is 0.259 e. The second kappa shape index (κ2) is 9.13. The highest BCUT2D eigenvalue weighted by Crippen LogP contribution is 2.26. The van der Waals surface area contributed by atoms with E-state index in [-0.39, 0.29) is 24.0 Å². The van der Waals surface area contributed by atoms with E-state index in [1.54, 1.807) is 26.2 Å². The van der Waals surface area contributed by atoms with Gasteiger partial charge in [0.05, 0.1) is 22.8 Å². The van der Waals surface area contributed by atoms with Crippen molar-refractivity contribution in [3.8, 4) is 11.4 Å². The first kappa shape index (κ1) is 22.2. The fraction of sp³-hybridized carbons (Fsp3) is 0.300. The van der Waals surface area contributed by atoms with Gasteiger partial charge in [0.25, 0.3) is 5.91 Å². The van der Waals surface area contributed by atoms with Gasteiger partial charge in [0.2, 0.25) is 0 Å². The minimum absolute atomic E-state index is 0.0739. The lowest BCUT2D eigenvalue weighted by atomic mass is 10.2. The van der Waals surface area contributed by atoms with E-state index in [1.807, 2.05) is 25.1 Å². The van der Waals surface area contributed by atoms with Crippen LogP contribution < -0.4 is 10.1 Å². The molecule has 164 valence electrons. The van der Waals surface area contributed by atoms with Gasteiger partial charge in [-0.3, -0.25) is 4.79 Å². The standard InChI is InChI=1S/C20H24N6O4S/c1-14-5-10-17(18(11-14)30-13-20(27)25(2)3)21-12-19-22-23-24-26(19)15-6-8-16(9-7-15)31(4,28)29/h5-11,21H,12-13H2,1-4H3. The number of amides is 1. The molecule has 0 saturated carbocycles. The molecule has 0 fully saturated rings. The van der Waals surface area contributed by atoms with Crippen LogP contribution in [0.3, 0.4) is 0 Å². The van der Waals surface area contributed by atoms with Crippen molar-refractivity contribution in [3.63, 3.8) is 0 Å². The molecular weight excluding hydrogens is 420 g/mol. The van der Waals surface area contributed by atoms with Crippen molar-refractivity contribution in [3.05, 3.63) is 53.9 Å². The zero-order valence-corrected chi connectivity index (χ0v) is 18.5. The van der Waals surface area contributed by atoms with Crippen molar-refractivity contribution < 1.29 is 17.9 Å². The molecular formula is C20H24N6O4S.